The van der Waals surface area contributed by atoms with Crippen LogP contribution in [0, 0.1) is 11.6 Å². The van der Waals surface area contributed by atoms with Crippen molar-refractivity contribution < 1.29 is 8.78 Å². The van der Waals surface area contributed by atoms with Gasteiger partial charge >= 0.3 is 0 Å². The number of nitrogens with zero attached hydrogens (tertiary/aromatic N) is 5. The van der Waals surface area contributed by atoms with E-state index >= 15 is 0 Å². The Labute approximate surface area is 163 Å². The minimum atomic E-state index is -0.373. The molecule has 0 radical (unpaired) electrons. The van der Waals surface area contributed by atoms with Crippen molar-refractivity contribution >= 4 is 28.0 Å². The molecule has 5 aromatic rings. The van der Waals surface area contributed by atoms with Crippen molar-refractivity contribution in [2.24, 2.45) is 0 Å². The van der Waals surface area contributed by atoms with E-state index in [4.69, 9.17) is 0 Å². The van der Waals surface area contributed by atoms with E-state index in [0.29, 0.717) is 39.5 Å². The van der Waals surface area contributed by atoms with Crippen LogP contribution in [0.3, 0.4) is 0 Å². The van der Waals surface area contributed by atoms with E-state index < -0.39 is 0 Å². The van der Waals surface area contributed by atoms with Crippen LogP contribution < -0.4 is 5.32 Å². The summed E-state index contributed by atoms with van der Waals surface area (Å²) in [7, 11) is 0. The summed E-state index contributed by atoms with van der Waals surface area (Å²) >= 11 is 0. The molecule has 7 nitrogen and oxygen atoms in total. The first-order valence-electron chi connectivity index (χ1n) is 8.94. The number of anilines is 1. The average Bonchev–Trinajstić information content (AvgIpc) is 3.34. The van der Waals surface area contributed by atoms with Crippen molar-refractivity contribution in [1.82, 2.24) is 29.5 Å². The zero-order chi connectivity index (χ0) is 20.0. The lowest BCUT2D eigenvalue weighted by Gasteiger charge is -2.17. The van der Waals surface area contributed by atoms with E-state index in [0.717, 1.165) is 0 Å². The number of aromatic nitrogens is 6. The van der Waals surface area contributed by atoms with Crippen LogP contribution in [-0.4, -0.2) is 29.5 Å². The van der Waals surface area contributed by atoms with Crippen LogP contribution in [0.5, 0.6) is 0 Å². The molecule has 0 aliphatic heterocycles. The van der Waals surface area contributed by atoms with Crippen LogP contribution in [-0.2, 0) is 0 Å². The Kier molecular flexibility index (Phi) is 3.94. The third kappa shape index (κ3) is 2.96. The number of nitrogens with one attached hydrogen (secondary N) is 2. The fourth-order valence-electron chi connectivity index (χ4n) is 3.36. The second-order valence-electron chi connectivity index (χ2n) is 6.60. The Balaban J connectivity index is 1.64. The first-order valence-corrected chi connectivity index (χ1v) is 8.94. The number of hydrogen-bond acceptors (Lipinski definition) is 5. The molecule has 9 heteroatoms. The molecule has 144 valence electrons. The second kappa shape index (κ2) is 6.62. The van der Waals surface area contributed by atoms with Crippen molar-refractivity contribution in [2.45, 2.75) is 13.0 Å². The lowest BCUT2D eigenvalue weighted by atomic mass is 10.2. The molecule has 0 amide bonds. The van der Waals surface area contributed by atoms with Gasteiger partial charge in [0.2, 0.25) is 0 Å². The summed E-state index contributed by atoms with van der Waals surface area (Å²) in [5, 5.41) is 3.30. The summed E-state index contributed by atoms with van der Waals surface area (Å²) in [5.74, 6) is 0.452. The van der Waals surface area contributed by atoms with E-state index in [-0.39, 0.29) is 17.7 Å². The topological polar surface area (TPSA) is 84.3 Å². The molecule has 1 atom stereocenters. The van der Waals surface area contributed by atoms with Crippen molar-refractivity contribution in [3.63, 3.8) is 0 Å². The van der Waals surface area contributed by atoms with Gasteiger partial charge in [0.25, 0.3) is 0 Å². The molecule has 0 saturated carbocycles. The lowest BCUT2D eigenvalue weighted by Crippen LogP contribution is -2.14. The highest BCUT2D eigenvalue weighted by Gasteiger charge is 2.20. The van der Waals surface area contributed by atoms with Gasteiger partial charge in [0.05, 0.1) is 23.4 Å². The molecule has 3 aromatic heterocycles. The van der Waals surface area contributed by atoms with E-state index in [1.807, 2.05) is 6.92 Å². The molecular weight excluding hydrogens is 376 g/mol. The SMILES string of the molecule is CC(Nc1ncnc2[nH]cnc12)c1nc2ccc(F)cc2n1-c1ccc(F)cc1. The highest BCUT2D eigenvalue weighted by Crippen LogP contribution is 2.28. The predicted octanol–water partition coefficient (Wildman–Crippen LogP) is 4.14. The minimum Gasteiger partial charge on any atom is -0.358 e. The Morgan fingerprint density at radius 1 is 1.00 bits per heavy atom. The summed E-state index contributed by atoms with van der Waals surface area (Å²) in [6, 6.07) is 10.1. The summed E-state index contributed by atoms with van der Waals surface area (Å²) in [6.45, 7) is 1.91. The van der Waals surface area contributed by atoms with Crippen LogP contribution >= 0.6 is 0 Å². The van der Waals surface area contributed by atoms with Crippen LogP contribution in [0.4, 0.5) is 14.6 Å². The van der Waals surface area contributed by atoms with E-state index in [1.54, 1.807) is 29.1 Å². The number of hydrogen-bond donors (Lipinski definition) is 2. The zero-order valence-corrected chi connectivity index (χ0v) is 15.3. The molecule has 0 saturated heterocycles. The first-order chi connectivity index (χ1) is 14.1. The van der Waals surface area contributed by atoms with Gasteiger partial charge in [-0.1, -0.05) is 0 Å². The third-order valence-corrected chi connectivity index (χ3v) is 4.69. The third-order valence-electron chi connectivity index (χ3n) is 4.69. The predicted molar refractivity (Wildman–Crippen MR) is 105 cm³/mol. The molecule has 0 aliphatic carbocycles. The quantitative estimate of drug-likeness (QED) is 0.481. The lowest BCUT2D eigenvalue weighted by molar-refractivity contribution is 0.626. The maximum absolute atomic E-state index is 13.9. The molecule has 0 bridgehead atoms. The maximum Gasteiger partial charge on any atom is 0.162 e. The minimum absolute atomic E-state index is 0.315. The van der Waals surface area contributed by atoms with Gasteiger partial charge in [-0.25, -0.2) is 28.7 Å². The molecule has 29 heavy (non-hydrogen) atoms. The van der Waals surface area contributed by atoms with Crippen LogP contribution in [0.2, 0.25) is 0 Å². The molecule has 0 spiro atoms. The Bertz CT molecular complexity index is 1320. The van der Waals surface area contributed by atoms with Crippen molar-refractivity contribution in [1.29, 1.82) is 0 Å². The summed E-state index contributed by atoms with van der Waals surface area (Å²) in [4.78, 5) is 20.3. The Morgan fingerprint density at radius 3 is 2.62 bits per heavy atom. The second-order valence-corrected chi connectivity index (χ2v) is 6.60. The fraction of sp³-hybridized carbons (Fsp3) is 0.100. The van der Waals surface area contributed by atoms with Gasteiger partial charge < -0.3 is 10.3 Å². The number of halogens is 2. The van der Waals surface area contributed by atoms with Crippen LogP contribution in [0.25, 0.3) is 27.9 Å². The Morgan fingerprint density at radius 2 is 1.79 bits per heavy atom. The number of imidazole rings is 2. The van der Waals surface area contributed by atoms with Crippen LogP contribution in [0.15, 0.2) is 55.1 Å². The molecule has 1 unspecified atom stereocenters. The fourth-order valence-corrected chi connectivity index (χ4v) is 3.36. The first kappa shape index (κ1) is 17.2. The van der Waals surface area contributed by atoms with Crippen molar-refractivity contribution in [2.75, 3.05) is 5.32 Å². The summed E-state index contributed by atoms with van der Waals surface area (Å²) < 4.78 is 29.2. The molecule has 2 aromatic carbocycles. The summed E-state index contributed by atoms with van der Waals surface area (Å²) in [6.07, 6.45) is 2.99. The largest absolute Gasteiger partial charge is 0.358 e. The van der Waals surface area contributed by atoms with Gasteiger partial charge in [-0.2, -0.15) is 0 Å². The monoisotopic (exact) mass is 391 g/mol. The van der Waals surface area contributed by atoms with Crippen molar-refractivity contribution in [3.8, 4) is 5.69 Å². The Hall–Kier alpha value is -3.88. The van der Waals surface area contributed by atoms with E-state index in [9.17, 15) is 8.78 Å². The van der Waals surface area contributed by atoms with Gasteiger partial charge in [-0.3, -0.25) is 4.57 Å². The van der Waals surface area contributed by atoms with Gasteiger partial charge in [0.1, 0.15) is 29.3 Å². The molecule has 0 fully saturated rings. The average molecular weight is 391 g/mol. The van der Waals surface area contributed by atoms with Gasteiger partial charge in [-0.05, 0) is 43.3 Å². The molecular formula is C20H15F2N7. The number of fused-ring (bicyclic) bond motifs is 2. The smallest absolute Gasteiger partial charge is 0.162 e. The summed E-state index contributed by atoms with van der Waals surface area (Å²) in [5.41, 5.74) is 3.12. The molecule has 0 aliphatic rings. The van der Waals surface area contributed by atoms with Gasteiger partial charge in [-0.15, -0.1) is 0 Å². The number of aromatic amines is 1. The van der Waals surface area contributed by atoms with Crippen LogP contribution in [0.1, 0.15) is 18.8 Å². The number of H-pyrrole nitrogens is 1. The number of rotatable bonds is 4. The normalized spacial score (nSPS) is 12.5. The molecule has 3 heterocycles. The van der Waals surface area contributed by atoms with Gasteiger partial charge in [0.15, 0.2) is 11.5 Å². The highest BCUT2D eigenvalue weighted by molar-refractivity contribution is 5.82. The maximum atomic E-state index is 13.9. The standard InChI is InChI=1S/C20H15F2N7/c1-11(27-19-17-18(24-9-23-17)25-10-26-19)20-28-15-7-4-13(22)8-16(15)29(20)14-5-2-12(21)3-6-14/h2-11H,1H3,(H2,23,24,25,26,27). The highest BCUT2D eigenvalue weighted by atomic mass is 19.1. The molecule has 2 N–H and O–H groups in total. The molecule has 5 rings (SSSR count). The van der Waals surface area contributed by atoms with Gasteiger partial charge in [0, 0.05) is 11.8 Å². The zero-order valence-electron chi connectivity index (χ0n) is 15.3. The van der Waals surface area contributed by atoms with Crippen molar-refractivity contribution in [3.05, 3.63) is 72.6 Å². The van der Waals surface area contributed by atoms with E-state index in [2.05, 4.69) is 30.2 Å². The van der Waals surface area contributed by atoms with E-state index in [1.165, 1.54) is 30.6 Å². The number of benzene rings is 2.